The number of nitrogens with zero attached hydrogens (tertiary/aromatic N) is 1. The van der Waals surface area contributed by atoms with E-state index in [0.717, 1.165) is 41.5 Å². The number of amides is 1. The van der Waals surface area contributed by atoms with Crippen LogP contribution in [-0.2, 0) is 4.79 Å². The minimum Gasteiger partial charge on any atom is -0.468 e. The predicted molar refractivity (Wildman–Crippen MR) is 110 cm³/mol. The van der Waals surface area contributed by atoms with E-state index in [4.69, 9.17) is 9.15 Å². The van der Waals surface area contributed by atoms with Gasteiger partial charge < -0.3 is 14.5 Å². The zero-order valence-electron chi connectivity index (χ0n) is 16.2. The molecule has 0 radical (unpaired) electrons. The lowest BCUT2D eigenvalue weighted by Crippen LogP contribution is -2.39. The molecule has 1 amide bonds. The van der Waals surface area contributed by atoms with Crippen LogP contribution in [0.2, 0.25) is 0 Å². The van der Waals surface area contributed by atoms with Gasteiger partial charge in [-0.2, -0.15) is 0 Å². The molecule has 5 rings (SSSR count). The monoisotopic (exact) mass is 388 g/mol. The highest BCUT2D eigenvalue weighted by Gasteiger charge is 2.33. The molecule has 5 nitrogen and oxygen atoms in total. The third kappa shape index (κ3) is 3.42. The van der Waals surface area contributed by atoms with Gasteiger partial charge in [-0.25, -0.2) is 0 Å². The summed E-state index contributed by atoms with van der Waals surface area (Å²) in [5, 5.41) is 3.20. The van der Waals surface area contributed by atoms with Gasteiger partial charge in [0.2, 0.25) is 5.91 Å². The summed E-state index contributed by atoms with van der Waals surface area (Å²) in [4.78, 5) is 15.8. The van der Waals surface area contributed by atoms with Crippen molar-refractivity contribution in [1.82, 2.24) is 10.2 Å². The highest BCUT2D eigenvalue weighted by atomic mass is 16.5. The molecule has 148 valence electrons. The zero-order chi connectivity index (χ0) is 19.6. The van der Waals surface area contributed by atoms with Crippen molar-refractivity contribution in [3.8, 4) is 11.5 Å². The number of ether oxygens (including phenoxy) is 1. The minimum absolute atomic E-state index is 0.0102. The lowest BCUT2D eigenvalue weighted by Gasteiger charge is -2.29. The Morgan fingerprint density at radius 3 is 2.24 bits per heavy atom. The highest BCUT2D eigenvalue weighted by Crippen LogP contribution is 2.44. The van der Waals surface area contributed by atoms with Gasteiger partial charge in [-0.1, -0.05) is 36.4 Å². The molecule has 1 aromatic heterocycles. The van der Waals surface area contributed by atoms with Crippen molar-refractivity contribution in [3.63, 3.8) is 0 Å². The van der Waals surface area contributed by atoms with Gasteiger partial charge in [0.1, 0.15) is 17.3 Å². The van der Waals surface area contributed by atoms with Crippen LogP contribution >= 0.6 is 0 Å². The maximum atomic E-state index is 13.4. The Morgan fingerprint density at radius 2 is 1.62 bits per heavy atom. The number of para-hydroxylation sites is 2. The molecule has 2 aliphatic heterocycles. The van der Waals surface area contributed by atoms with E-state index >= 15 is 0 Å². The number of fused-ring (bicyclic) bond motifs is 2. The molecule has 3 aromatic rings. The van der Waals surface area contributed by atoms with Crippen molar-refractivity contribution >= 4 is 5.91 Å². The van der Waals surface area contributed by atoms with Crippen LogP contribution in [0.4, 0.5) is 0 Å². The van der Waals surface area contributed by atoms with E-state index < -0.39 is 0 Å². The largest absolute Gasteiger partial charge is 0.468 e. The molecule has 0 spiro atoms. The molecule has 0 unspecified atom stereocenters. The summed E-state index contributed by atoms with van der Waals surface area (Å²) >= 11 is 0. The number of carbonyl (C=O) groups is 1. The highest BCUT2D eigenvalue weighted by molar-refractivity contribution is 5.89. The molecule has 5 heteroatoms. The quantitative estimate of drug-likeness (QED) is 0.701. The molecule has 1 N–H and O–H groups in total. The van der Waals surface area contributed by atoms with Crippen LogP contribution in [0.1, 0.15) is 41.7 Å². The van der Waals surface area contributed by atoms with Crippen LogP contribution in [0, 0.1) is 0 Å². The van der Waals surface area contributed by atoms with Gasteiger partial charge in [0, 0.05) is 17.7 Å². The van der Waals surface area contributed by atoms with E-state index in [2.05, 4.69) is 10.2 Å². The SMILES string of the molecule is O=C(NC[C@@H](c1ccco1)N1CCCC1)C1c2ccccc2Oc2ccccc21. The van der Waals surface area contributed by atoms with Crippen molar-refractivity contribution in [3.05, 3.63) is 83.8 Å². The van der Waals surface area contributed by atoms with Gasteiger partial charge in [0.25, 0.3) is 0 Å². The molecule has 1 fully saturated rings. The Kier molecular flexibility index (Phi) is 4.82. The Bertz CT molecular complexity index is 947. The van der Waals surface area contributed by atoms with Gasteiger partial charge in [0.15, 0.2) is 0 Å². The molecular weight excluding hydrogens is 364 g/mol. The molecule has 1 saturated heterocycles. The lowest BCUT2D eigenvalue weighted by atomic mass is 9.87. The molecule has 3 heterocycles. The third-order valence-corrected chi connectivity index (χ3v) is 5.86. The summed E-state index contributed by atoms with van der Waals surface area (Å²) in [6, 6.07) is 19.5. The van der Waals surface area contributed by atoms with Crippen molar-refractivity contribution in [2.75, 3.05) is 19.6 Å². The standard InChI is InChI=1S/C24H24N2O3/c27-24(25-16-19(22-12-7-15-28-22)26-13-5-6-14-26)23-17-8-1-3-10-20(17)29-21-11-4-2-9-18(21)23/h1-4,7-12,15,19,23H,5-6,13-14,16H2,(H,25,27)/t19-/m0/s1. The fraction of sp³-hybridized carbons (Fsp3) is 0.292. The molecule has 0 bridgehead atoms. The number of hydrogen-bond acceptors (Lipinski definition) is 4. The van der Waals surface area contributed by atoms with Crippen molar-refractivity contribution in [2.24, 2.45) is 0 Å². The first-order valence-corrected chi connectivity index (χ1v) is 10.2. The van der Waals surface area contributed by atoms with Crippen molar-refractivity contribution in [2.45, 2.75) is 24.8 Å². The van der Waals surface area contributed by atoms with E-state index in [1.807, 2.05) is 60.7 Å². The average Bonchev–Trinajstić information content (AvgIpc) is 3.47. The number of rotatable bonds is 5. The van der Waals surface area contributed by atoms with E-state index in [1.54, 1.807) is 6.26 Å². The molecular formula is C24H24N2O3. The second kappa shape index (κ2) is 7.76. The summed E-state index contributed by atoms with van der Waals surface area (Å²) < 4.78 is 11.7. The summed E-state index contributed by atoms with van der Waals surface area (Å²) in [6.07, 6.45) is 4.07. The Hall–Kier alpha value is -3.05. The molecule has 0 saturated carbocycles. The predicted octanol–water partition coefficient (Wildman–Crippen LogP) is 4.47. The van der Waals surface area contributed by atoms with Crippen LogP contribution in [0.3, 0.4) is 0 Å². The van der Waals surface area contributed by atoms with E-state index in [-0.39, 0.29) is 17.9 Å². The van der Waals surface area contributed by atoms with Gasteiger partial charge >= 0.3 is 0 Å². The molecule has 2 aliphatic rings. The number of carbonyl (C=O) groups excluding carboxylic acids is 1. The van der Waals surface area contributed by atoms with Gasteiger partial charge in [-0.3, -0.25) is 9.69 Å². The smallest absolute Gasteiger partial charge is 0.232 e. The minimum atomic E-state index is -0.382. The number of likely N-dealkylation sites (tertiary alicyclic amines) is 1. The summed E-state index contributed by atoms with van der Waals surface area (Å²) in [5.41, 5.74) is 1.80. The fourth-order valence-electron chi connectivity index (χ4n) is 4.44. The number of benzene rings is 2. The Morgan fingerprint density at radius 1 is 0.966 bits per heavy atom. The molecule has 2 aromatic carbocycles. The third-order valence-electron chi connectivity index (χ3n) is 5.86. The van der Waals surface area contributed by atoms with Crippen LogP contribution in [0.5, 0.6) is 11.5 Å². The fourth-order valence-corrected chi connectivity index (χ4v) is 4.44. The first-order valence-electron chi connectivity index (χ1n) is 10.2. The van der Waals surface area contributed by atoms with Crippen molar-refractivity contribution in [1.29, 1.82) is 0 Å². The van der Waals surface area contributed by atoms with E-state index in [9.17, 15) is 4.79 Å². The van der Waals surface area contributed by atoms with Crippen molar-refractivity contribution < 1.29 is 13.9 Å². The molecule has 1 atom stereocenters. The van der Waals surface area contributed by atoms with E-state index in [0.29, 0.717) is 6.54 Å². The first-order chi connectivity index (χ1) is 14.3. The Balaban J connectivity index is 1.41. The van der Waals surface area contributed by atoms with Gasteiger partial charge in [0.05, 0.1) is 18.2 Å². The maximum absolute atomic E-state index is 13.4. The summed E-state index contributed by atoms with van der Waals surface area (Å²) in [5.74, 6) is 2.00. The van der Waals surface area contributed by atoms with Crippen LogP contribution in [0.15, 0.2) is 71.3 Å². The number of hydrogen-bond donors (Lipinski definition) is 1. The maximum Gasteiger partial charge on any atom is 0.232 e. The zero-order valence-corrected chi connectivity index (χ0v) is 16.2. The lowest BCUT2D eigenvalue weighted by molar-refractivity contribution is -0.122. The molecule has 0 aliphatic carbocycles. The average molecular weight is 388 g/mol. The summed E-state index contributed by atoms with van der Waals surface area (Å²) in [7, 11) is 0. The van der Waals surface area contributed by atoms with E-state index in [1.165, 1.54) is 12.8 Å². The van der Waals surface area contributed by atoms with Gasteiger partial charge in [-0.05, 0) is 50.2 Å². The second-order valence-electron chi connectivity index (χ2n) is 7.63. The second-order valence-corrected chi connectivity index (χ2v) is 7.63. The summed E-state index contributed by atoms with van der Waals surface area (Å²) in [6.45, 7) is 2.59. The van der Waals surface area contributed by atoms with Crippen LogP contribution in [-0.4, -0.2) is 30.4 Å². The van der Waals surface area contributed by atoms with Gasteiger partial charge in [-0.15, -0.1) is 0 Å². The topological polar surface area (TPSA) is 54.7 Å². The normalized spacial score (nSPS) is 17.2. The molecule has 29 heavy (non-hydrogen) atoms. The Labute approximate surface area is 170 Å². The number of nitrogens with one attached hydrogen (secondary N) is 1. The number of furan rings is 1. The van der Waals surface area contributed by atoms with Crippen LogP contribution < -0.4 is 10.1 Å². The first kappa shape index (κ1) is 18.0. The van der Waals surface area contributed by atoms with Crippen LogP contribution in [0.25, 0.3) is 0 Å².